The molecule has 3 atom stereocenters. The number of thiazole rings is 1. The number of benzene rings is 2. The summed E-state index contributed by atoms with van der Waals surface area (Å²) in [7, 11) is 0. The fourth-order valence-corrected chi connectivity index (χ4v) is 6.34. The zero-order chi connectivity index (χ0) is 20.8. The van der Waals surface area contributed by atoms with Crippen LogP contribution in [-0.2, 0) is 0 Å². The van der Waals surface area contributed by atoms with Gasteiger partial charge in [0.15, 0.2) is 5.01 Å². The molecule has 0 unspecified atom stereocenters. The second-order valence-corrected chi connectivity index (χ2v) is 10.4. The van der Waals surface area contributed by atoms with Gasteiger partial charge in [-0.1, -0.05) is 53.4 Å². The van der Waals surface area contributed by atoms with Crippen molar-refractivity contribution in [1.82, 2.24) is 10.3 Å². The summed E-state index contributed by atoms with van der Waals surface area (Å²) in [5.74, 6) is 1.27. The van der Waals surface area contributed by atoms with Gasteiger partial charge >= 0.3 is 0 Å². The van der Waals surface area contributed by atoms with E-state index in [4.69, 9.17) is 39.8 Å². The molecule has 0 spiro atoms. The number of hydrogen-bond donors (Lipinski definition) is 1. The highest BCUT2D eigenvalue weighted by Crippen LogP contribution is 2.45. The van der Waals surface area contributed by atoms with Gasteiger partial charge in [-0.2, -0.15) is 0 Å². The Balaban J connectivity index is 1.52. The monoisotopic (exact) mass is 476 g/mol. The molecule has 0 saturated heterocycles. The van der Waals surface area contributed by atoms with Gasteiger partial charge in [0.2, 0.25) is 0 Å². The first-order chi connectivity index (χ1) is 14.5. The average Bonchev–Trinajstić information content (AvgIpc) is 3.44. The molecule has 2 bridgehead atoms. The summed E-state index contributed by atoms with van der Waals surface area (Å²) in [6.07, 6.45) is 4.84. The van der Waals surface area contributed by atoms with Gasteiger partial charge in [0.05, 0.1) is 15.6 Å². The first-order valence-corrected chi connectivity index (χ1v) is 12.0. The van der Waals surface area contributed by atoms with E-state index in [9.17, 15) is 4.79 Å². The Morgan fingerprint density at radius 1 is 1.00 bits per heavy atom. The Morgan fingerprint density at radius 3 is 2.43 bits per heavy atom. The van der Waals surface area contributed by atoms with Gasteiger partial charge in [-0.3, -0.25) is 4.79 Å². The minimum absolute atomic E-state index is 0.107. The molecule has 2 aliphatic rings. The van der Waals surface area contributed by atoms with Crippen LogP contribution < -0.4 is 5.32 Å². The third-order valence-electron chi connectivity index (χ3n) is 6.17. The number of carbonyl (C=O) groups is 1. The van der Waals surface area contributed by atoms with Crippen LogP contribution in [0.4, 0.5) is 0 Å². The van der Waals surface area contributed by atoms with E-state index >= 15 is 0 Å². The lowest BCUT2D eigenvalue weighted by Gasteiger charge is -2.22. The van der Waals surface area contributed by atoms with Crippen LogP contribution in [0.15, 0.2) is 42.5 Å². The van der Waals surface area contributed by atoms with Gasteiger partial charge in [-0.15, -0.1) is 11.3 Å². The van der Waals surface area contributed by atoms with Gasteiger partial charge in [0.1, 0.15) is 0 Å². The maximum atomic E-state index is 13.1. The molecule has 1 aromatic heterocycles. The SMILES string of the molecule is O=C(N[C@H]1C[C@@H]2CC[C@H]1C2)c1nc(-c2ccc(Cl)cc2Cl)c(-c2ccc(Cl)cc2)s1. The van der Waals surface area contributed by atoms with E-state index in [1.807, 2.05) is 30.3 Å². The molecule has 3 aromatic rings. The van der Waals surface area contributed by atoms with Crippen LogP contribution in [0.1, 0.15) is 35.5 Å². The number of halogens is 3. The normalized spacial score (nSPS) is 22.4. The summed E-state index contributed by atoms with van der Waals surface area (Å²) in [6, 6.07) is 13.1. The molecule has 5 rings (SSSR count). The molecule has 0 radical (unpaired) electrons. The predicted octanol–water partition coefficient (Wildman–Crippen LogP) is 7.36. The van der Waals surface area contributed by atoms with Gasteiger partial charge in [-0.05, 0) is 67.0 Å². The number of nitrogens with zero attached hydrogens (tertiary/aromatic N) is 1. The van der Waals surface area contributed by atoms with Crippen molar-refractivity contribution in [2.75, 3.05) is 0 Å². The van der Waals surface area contributed by atoms with E-state index < -0.39 is 0 Å². The lowest BCUT2D eigenvalue weighted by atomic mass is 9.95. The third kappa shape index (κ3) is 3.87. The van der Waals surface area contributed by atoms with Crippen molar-refractivity contribution in [2.45, 2.75) is 31.7 Å². The highest BCUT2D eigenvalue weighted by atomic mass is 35.5. The average molecular weight is 478 g/mol. The first kappa shape index (κ1) is 20.3. The van der Waals surface area contributed by atoms with Crippen LogP contribution in [0.5, 0.6) is 0 Å². The smallest absolute Gasteiger partial charge is 0.280 e. The molecule has 1 amide bonds. The summed E-state index contributed by atoms with van der Waals surface area (Å²) in [5, 5.41) is 5.40. The van der Waals surface area contributed by atoms with Crippen molar-refractivity contribution in [3.63, 3.8) is 0 Å². The maximum absolute atomic E-state index is 13.1. The Labute approximate surface area is 194 Å². The topological polar surface area (TPSA) is 42.0 Å². The van der Waals surface area contributed by atoms with Crippen molar-refractivity contribution >= 4 is 52.0 Å². The van der Waals surface area contributed by atoms with Gasteiger partial charge < -0.3 is 5.32 Å². The van der Waals surface area contributed by atoms with Gasteiger partial charge in [0, 0.05) is 21.7 Å². The summed E-state index contributed by atoms with van der Waals surface area (Å²) in [6.45, 7) is 0. The van der Waals surface area contributed by atoms with E-state index in [0.29, 0.717) is 31.7 Å². The zero-order valence-corrected chi connectivity index (χ0v) is 19.1. The van der Waals surface area contributed by atoms with E-state index in [0.717, 1.165) is 28.3 Å². The van der Waals surface area contributed by atoms with E-state index in [1.54, 1.807) is 12.1 Å². The molecule has 2 aromatic carbocycles. The van der Waals surface area contributed by atoms with Gasteiger partial charge in [-0.25, -0.2) is 4.98 Å². The van der Waals surface area contributed by atoms with Crippen molar-refractivity contribution in [3.05, 3.63) is 62.5 Å². The molecule has 1 N–H and O–H groups in total. The molecule has 1 heterocycles. The van der Waals surface area contributed by atoms with E-state index in [2.05, 4.69) is 5.32 Å². The molecular weight excluding hydrogens is 459 g/mol. The molecule has 2 saturated carbocycles. The Kier molecular flexibility index (Phi) is 5.53. The molecule has 30 heavy (non-hydrogen) atoms. The molecule has 0 aliphatic heterocycles. The molecule has 7 heteroatoms. The lowest BCUT2D eigenvalue weighted by Crippen LogP contribution is -2.38. The summed E-state index contributed by atoms with van der Waals surface area (Å²) < 4.78 is 0. The van der Waals surface area contributed by atoms with Gasteiger partial charge in [0.25, 0.3) is 5.91 Å². The summed E-state index contributed by atoms with van der Waals surface area (Å²) in [5.41, 5.74) is 2.38. The van der Waals surface area contributed by atoms with Crippen LogP contribution in [0, 0.1) is 11.8 Å². The minimum Gasteiger partial charge on any atom is -0.347 e. The fraction of sp³-hybridized carbons (Fsp3) is 0.304. The molecule has 3 nitrogen and oxygen atoms in total. The summed E-state index contributed by atoms with van der Waals surface area (Å²) >= 11 is 20.0. The lowest BCUT2D eigenvalue weighted by molar-refractivity contribution is 0.0922. The van der Waals surface area contributed by atoms with Crippen LogP contribution >= 0.6 is 46.1 Å². The van der Waals surface area contributed by atoms with E-state index in [-0.39, 0.29) is 11.9 Å². The number of nitrogens with one attached hydrogen (secondary N) is 1. The van der Waals surface area contributed by atoms with Crippen LogP contribution in [0.2, 0.25) is 15.1 Å². The number of hydrogen-bond acceptors (Lipinski definition) is 3. The Hall–Kier alpha value is -1.59. The predicted molar refractivity (Wildman–Crippen MR) is 125 cm³/mol. The largest absolute Gasteiger partial charge is 0.347 e. The van der Waals surface area contributed by atoms with Crippen molar-refractivity contribution in [1.29, 1.82) is 0 Å². The number of fused-ring (bicyclic) bond motifs is 2. The minimum atomic E-state index is -0.107. The Morgan fingerprint density at radius 2 is 1.77 bits per heavy atom. The Bertz CT molecular complexity index is 1110. The van der Waals surface area contributed by atoms with Crippen molar-refractivity contribution in [2.24, 2.45) is 11.8 Å². The first-order valence-electron chi connectivity index (χ1n) is 10.0. The second kappa shape index (κ2) is 8.16. The molecule has 2 fully saturated rings. The van der Waals surface area contributed by atoms with Crippen molar-refractivity contribution in [3.8, 4) is 21.7 Å². The van der Waals surface area contributed by atoms with Crippen LogP contribution in [-0.4, -0.2) is 16.9 Å². The third-order valence-corrected chi connectivity index (χ3v) is 8.07. The number of amides is 1. The summed E-state index contributed by atoms with van der Waals surface area (Å²) in [4.78, 5) is 18.7. The fourth-order valence-electron chi connectivity index (χ4n) is 4.73. The van der Waals surface area contributed by atoms with Crippen LogP contribution in [0.3, 0.4) is 0 Å². The molecule has 154 valence electrons. The molecule has 2 aliphatic carbocycles. The molecular formula is C23H19Cl3N2OS. The quantitative estimate of drug-likeness (QED) is 0.426. The number of aromatic nitrogens is 1. The highest BCUT2D eigenvalue weighted by Gasteiger charge is 2.40. The number of carbonyl (C=O) groups excluding carboxylic acids is 1. The zero-order valence-electron chi connectivity index (χ0n) is 16.0. The van der Waals surface area contributed by atoms with E-state index in [1.165, 1.54) is 30.6 Å². The standard InChI is InChI=1S/C23H19Cl3N2OS/c24-15-5-3-13(4-6-15)21-20(17-8-7-16(25)11-18(17)26)28-23(30-21)22(29)27-19-10-12-1-2-14(19)9-12/h3-8,11-12,14,19H,1-2,9-10H2,(H,27,29)/t12-,14+,19+/m1/s1. The number of rotatable bonds is 4. The second-order valence-electron chi connectivity index (χ2n) is 8.08. The highest BCUT2D eigenvalue weighted by molar-refractivity contribution is 7.17. The maximum Gasteiger partial charge on any atom is 0.280 e. The van der Waals surface area contributed by atoms with Crippen molar-refractivity contribution < 1.29 is 4.79 Å². The van der Waals surface area contributed by atoms with Crippen LogP contribution in [0.25, 0.3) is 21.7 Å².